The molecular weight excluding hydrogens is 254 g/mol. The first kappa shape index (κ1) is 15.2. The molecule has 1 nitrogen and oxygen atoms in total. The minimum Gasteiger partial charge on any atom is -0.256 e. The van der Waals surface area contributed by atoms with Crippen molar-refractivity contribution in [1.29, 1.82) is 0 Å². The van der Waals surface area contributed by atoms with Crippen molar-refractivity contribution in [3.05, 3.63) is 77.9 Å². The largest absolute Gasteiger partial charge is 0.256 e. The second-order valence-electron chi connectivity index (χ2n) is 6.29. The molecule has 0 radical (unpaired) electrons. The number of rotatable bonds is 4. The summed E-state index contributed by atoms with van der Waals surface area (Å²) in [6, 6.07) is 16.9. The molecule has 2 aromatic rings. The first-order valence-electron chi connectivity index (χ1n) is 7.33. The maximum absolute atomic E-state index is 4.53. The maximum atomic E-state index is 4.53. The van der Waals surface area contributed by atoms with Gasteiger partial charge >= 0.3 is 0 Å². The molecule has 0 unspecified atom stereocenters. The van der Waals surface area contributed by atoms with Crippen LogP contribution >= 0.6 is 0 Å². The highest BCUT2D eigenvalue weighted by Crippen LogP contribution is 2.24. The highest BCUT2D eigenvalue weighted by Gasteiger charge is 2.12. The molecule has 21 heavy (non-hydrogen) atoms. The second kappa shape index (κ2) is 6.53. The Hall–Kier alpha value is -2.15. The monoisotopic (exact) mass is 277 g/mol. The molecule has 0 heterocycles. The first-order valence-corrected chi connectivity index (χ1v) is 7.33. The van der Waals surface area contributed by atoms with Crippen LogP contribution in [0.5, 0.6) is 0 Å². The summed E-state index contributed by atoms with van der Waals surface area (Å²) in [5, 5.41) is 0. The summed E-state index contributed by atoms with van der Waals surface area (Å²) in [6.07, 6.45) is 4.73. The molecule has 0 spiro atoms. The fourth-order valence-corrected chi connectivity index (χ4v) is 2.10. The van der Waals surface area contributed by atoms with Gasteiger partial charge in [-0.1, -0.05) is 63.2 Å². The normalized spacial score (nSPS) is 11.8. The summed E-state index contributed by atoms with van der Waals surface area (Å²) in [5.74, 6) is 0. The van der Waals surface area contributed by atoms with Crippen molar-refractivity contribution in [3.8, 4) is 0 Å². The third-order valence-corrected chi connectivity index (χ3v) is 3.46. The molecule has 0 saturated carbocycles. The maximum Gasteiger partial charge on any atom is 0.0630 e. The van der Waals surface area contributed by atoms with E-state index in [2.05, 4.69) is 80.9 Å². The fourth-order valence-electron chi connectivity index (χ4n) is 2.10. The lowest BCUT2D eigenvalue weighted by Crippen LogP contribution is -2.10. The Labute approximate surface area is 128 Å². The van der Waals surface area contributed by atoms with Gasteiger partial charge in [-0.15, -0.1) is 6.58 Å². The van der Waals surface area contributed by atoms with E-state index in [-0.39, 0.29) is 5.41 Å². The summed E-state index contributed by atoms with van der Waals surface area (Å²) in [7, 11) is 0. The van der Waals surface area contributed by atoms with Crippen LogP contribution in [-0.4, -0.2) is 6.21 Å². The highest BCUT2D eigenvalue weighted by atomic mass is 14.7. The Kier molecular flexibility index (Phi) is 4.74. The van der Waals surface area contributed by atoms with E-state index in [0.29, 0.717) is 0 Å². The van der Waals surface area contributed by atoms with E-state index >= 15 is 0 Å². The summed E-state index contributed by atoms with van der Waals surface area (Å²) < 4.78 is 0. The van der Waals surface area contributed by atoms with Crippen LogP contribution in [0.3, 0.4) is 0 Å². The highest BCUT2D eigenvalue weighted by molar-refractivity contribution is 5.81. The van der Waals surface area contributed by atoms with E-state index in [1.807, 2.05) is 12.3 Å². The minimum absolute atomic E-state index is 0.184. The van der Waals surface area contributed by atoms with Gasteiger partial charge in [-0.3, -0.25) is 4.99 Å². The van der Waals surface area contributed by atoms with Crippen LogP contribution in [0.2, 0.25) is 0 Å². The first-order chi connectivity index (χ1) is 9.99. The smallest absolute Gasteiger partial charge is 0.0630 e. The van der Waals surface area contributed by atoms with Crippen LogP contribution in [0.4, 0.5) is 5.69 Å². The van der Waals surface area contributed by atoms with Gasteiger partial charge in [0.15, 0.2) is 0 Å². The molecule has 2 rings (SSSR count). The van der Waals surface area contributed by atoms with Gasteiger partial charge in [-0.2, -0.15) is 0 Å². The van der Waals surface area contributed by atoms with Crippen LogP contribution in [0.15, 0.2) is 66.2 Å². The third-order valence-electron chi connectivity index (χ3n) is 3.46. The Morgan fingerprint density at radius 2 is 1.57 bits per heavy atom. The topological polar surface area (TPSA) is 12.4 Å². The second-order valence-corrected chi connectivity index (χ2v) is 6.29. The molecule has 0 saturated heterocycles. The molecule has 108 valence electrons. The van der Waals surface area contributed by atoms with E-state index < -0.39 is 0 Å². The number of nitrogens with zero attached hydrogens (tertiary/aromatic N) is 1. The van der Waals surface area contributed by atoms with E-state index in [1.165, 1.54) is 11.1 Å². The summed E-state index contributed by atoms with van der Waals surface area (Å²) in [6.45, 7) is 10.4. The van der Waals surface area contributed by atoms with Crippen LogP contribution in [0.1, 0.15) is 37.5 Å². The fraction of sp³-hybridized carbons (Fsp3) is 0.250. The number of benzene rings is 2. The summed E-state index contributed by atoms with van der Waals surface area (Å²) in [5.41, 5.74) is 4.89. The summed E-state index contributed by atoms with van der Waals surface area (Å²) >= 11 is 0. The third kappa shape index (κ3) is 4.42. The number of aliphatic imine (C=N–C) groups is 1. The zero-order valence-corrected chi connectivity index (χ0v) is 13.1. The number of hydrogen-bond donors (Lipinski definition) is 0. The lowest BCUT2D eigenvalue weighted by molar-refractivity contribution is 0.590. The molecule has 0 aromatic heterocycles. The van der Waals surface area contributed by atoms with Gasteiger partial charge in [-0.05, 0) is 40.7 Å². The summed E-state index contributed by atoms with van der Waals surface area (Å²) in [4.78, 5) is 4.53. The molecule has 1 heteroatoms. The van der Waals surface area contributed by atoms with Crippen molar-refractivity contribution in [2.24, 2.45) is 4.99 Å². The Balaban J connectivity index is 2.08. The van der Waals surface area contributed by atoms with Crippen LogP contribution in [0.25, 0.3) is 0 Å². The van der Waals surface area contributed by atoms with Gasteiger partial charge in [0.05, 0.1) is 5.69 Å². The quantitative estimate of drug-likeness (QED) is 0.519. The minimum atomic E-state index is 0.184. The lowest BCUT2D eigenvalue weighted by atomic mass is 9.87. The van der Waals surface area contributed by atoms with Gasteiger partial charge in [0.1, 0.15) is 0 Å². The Morgan fingerprint density at radius 3 is 2.10 bits per heavy atom. The number of hydrogen-bond acceptors (Lipinski definition) is 1. The zero-order valence-electron chi connectivity index (χ0n) is 13.1. The van der Waals surface area contributed by atoms with Gasteiger partial charge < -0.3 is 0 Å². The number of allylic oxidation sites excluding steroid dienone is 1. The average Bonchev–Trinajstić information content (AvgIpc) is 2.46. The molecule has 0 amide bonds. The molecule has 0 N–H and O–H groups in total. The molecule has 0 aliphatic carbocycles. The molecular formula is C20H23N. The van der Waals surface area contributed by atoms with E-state index in [4.69, 9.17) is 0 Å². The predicted octanol–water partition coefficient (Wildman–Crippen LogP) is 5.46. The molecule has 0 fully saturated rings. The van der Waals surface area contributed by atoms with Crippen molar-refractivity contribution in [2.75, 3.05) is 0 Å². The van der Waals surface area contributed by atoms with Crippen molar-refractivity contribution in [2.45, 2.75) is 32.6 Å². The molecule has 0 bridgehead atoms. The van der Waals surface area contributed by atoms with Crippen molar-refractivity contribution < 1.29 is 0 Å². The molecule has 2 aromatic carbocycles. The van der Waals surface area contributed by atoms with Crippen molar-refractivity contribution >= 4 is 11.9 Å². The van der Waals surface area contributed by atoms with Gasteiger partial charge in [0, 0.05) is 6.21 Å². The average molecular weight is 277 g/mol. The lowest BCUT2D eigenvalue weighted by Gasteiger charge is -2.18. The van der Waals surface area contributed by atoms with Crippen molar-refractivity contribution in [1.82, 2.24) is 0 Å². The molecule has 0 atom stereocenters. The van der Waals surface area contributed by atoms with Gasteiger partial charge in [0.2, 0.25) is 0 Å². The Bertz CT molecular complexity index is 610. The van der Waals surface area contributed by atoms with Gasteiger partial charge in [0.25, 0.3) is 0 Å². The van der Waals surface area contributed by atoms with E-state index in [1.54, 1.807) is 0 Å². The standard InChI is InChI=1S/C20H23N/c1-5-6-16-7-9-17(10-8-16)15-21-19-13-11-18(12-14-19)20(2,3)4/h5,7-15H,1,6H2,2-4H3. The SMILES string of the molecule is C=CCc1ccc(C=Nc2ccc(C(C)(C)C)cc2)cc1. The van der Waals surface area contributed by atoms with Crippen molar-refractivity contribution in [3.63, 3.8) is 0 Å². The molecule has 0 aliphatic rings. The predicted molar refractivity (Wildman–Crippen MR) is 92.7 cm³/mol. The van der Waals surface area contributed by atoms with Crippen LogP contribution < -0.4 is 0 Å². The zero-order chi connectivity index (χ0) is 15.3. The van der Waals surface area contributed by atoms with Gasteiger partial charge in [-0.25, -0.2) is 0 Å². The van der Waals surface area contributed by atoms with Crippen LogP contribution in [0, 0.1) is 0 Å². The van der Waals surface area contributed by atoms with E-state index in [0.717, 1.165) is 17.7 Å². The van der Waals surface area contributed by atoms with E-state index in [9.17, 15) is 0 Å². The van der Waals surface area contributed by atoms with Crippen LogP contribution in [-0.2, 0) is 11.8 Å². The Morgan fingerprint density at radius 1 is 0.952 bits per heavy atom. The molecule has 0 aliphatic heterocycles.